The summed E-state index contributed by atoms with van der Waals surface area (Å²) in [6, 6.07) is 5.37. The summed E-state index contributed by atoms with van der Waals surface area (Å²) >= 11 is 6.30. The van der Waals surface area contributed by atoms with E-state index in [0.29, 0.717) is 33.3 Å². The van der Waals surface area contributed by atoms with Gasteiger partial charge in [0.2, 0.25) is 5.91 Å². The van der Waals surface area contributed by atoms with E-state index in [2.05, 4.69) is 20.3 Å². The van der Waals surface area contributed by atoms with Crippen LogP contribution in [0.25, 0.3) is 22.0 Å². The molecule has 10 heteroatoms. The van der Waals surface area contributed by atoms with E-state index in [0.717, 1.165) is 43.2 Å². The number of hydrogen-bond acceptors (Lipinski definition) is 6. The number of nitrogens with zero attached hydrogens (tertiary/aromatic N) is 5. The van der Waals surface area contributed by atoms with Crippen molar-refractivity contribution in [3.8, 4) is 11.3 Å². The number of nitrogen functional groups attached to an aromatic ring is 1. The summed E-state index contributed by atoms with van der Waals surface area (Å²) in [5.74, 6) is 0.513. The number of rotatable bonds is 3. The number of aromatic nitrogens is 3. The smallest absolute Gasteiger partial charge is 0.320 e. The van der Waals surface area contributed by atoms with Crippen LogP contribution in [0.15, 0.2) is 48.4 Å². The average molecular weight is 492 g/mol. The van der Waals surface area contributed by atoms with E-state index < -0.39 is 0 Å². The third-order valence-corrected chi connectivity index (χ3v) is 7.38. The van der Waals surface area contributed by atoms with Gasteiger partial charge in [-0.25, -0.2) is 14.8 Å². The summed E-state index contributed by atoms with van der Waals surface area (Å²) in [6.07, 6.45) is 9.75. The number of likely N-dealkylation sites (N-methyl/N-ethyl adjacent to an activating group) is 2. The highest BCUT2D eigenvalue weighted by Crippen LogP contribution is 2.40. The van der Waals surface area contributed by atoms with Gasteiger partial charge in [0.25, 0.3) is 0 Å². The largest absolute Gasteiger partial charge is 0.383 e. The van der Waals surface area contributed by atoms with E-state index in [1.165, 1.54) is 0 Å². The van der Waals surface area contributed by atoms with E-state index in [4.69, 9.17) is 17.3 Å². The van der Waals surface area contributed by atoms with Crippen molar-refractivity contribution in [2.24, 2.45) is 0 Å². The van der Waals surface area contributed by atoms with E-state index in [9.17, 15) is 9.59 Å². The fourth-order valence-corrected chi connectivity index (χ4v) is 5.24. The first-order valence-corrected chi connectivity index (χ1v) is 11.8. The molecule has 1 spiro atoms. The van der Waals surface area contributed by atoms with Crippen LogP contribution in [0.3, 0.4) is 0 Å². The molecule has 35 heavy (non-hydrogen) atoms. The molecule has 0 unspecified atom stereocenters. The Morgan fingerprint density at radius 2 is 2.00 bits per heavy atom. The van der Waals surface area contributed by atoms with Crippen LogP contribution in [0, 0.1) is 0 Å². The molecule has 0 aromatic carbocycles. The van der Waals surface area contributed by atoms with E-state index >= 15 is 0 Å². The topological polar surface area (TPSA) is 117 Å². The Bertz CT molecular complexity index is 1360. The lowest BCUT2D eigenvalue weighted by atomic mass is 9.79. The van der Waals surface area contributed by atoms with Gasteiger partial charge in [-0.05, 0) is 49.3 Å². The number of carbonyl (C=O) groups excluding carboxylic acids is 2. The Hall–Kier alpha value is -3.72. The van der Waals surface area contributed by atoms with Crippen molar-refractivity contribution in [1.82, 2.24) is 24.8 Å². The van der Waals surface area contributed by atoms with Crippen LogP contribution < -0.4 is 11.1 Å². The van der Waals surface area contributed by atoms with Gasteiger partial charge < -0.3 is 20.9 Å². The van der Waals surface area contributed by atoms with E-state index in [1.54, 1.807) is 41.7 Å². The first-order valence-electron chi connectivity index (χ1n) is 11.4. The highest BCUT2D eigenvalue weighted by atomic mass is 35.5. The summed E-state index contributed by atoms with van der Waals surface area (Å²) < 4.78 is 0. The number of hydrogen-bond donors (Lipinski definition) is 2. The molecule has 0 radical (unpaired) electrons. The molecule has 3 aromatic rings. The van der Waals surface area contributed by atoms with Crippen LogP contribution in [0.4, 0.5) is 16.4 Å². The zero-order valence-corrected chi connectivity index (χ0v) is 20.3. The second-order valence-corrected chi connectivity index (χ2v) is 9.66. The lowest BCUT2D eigenvalue weighted by Crippen LogP contribution is -2.46. The van der Waals surface area contributed by atoms with Gasteiger partial charge in [-0.2, -0.15) is 0 Å². The number of fused-ring (bicyclic) bond motifs is 1. The van der Waals surface area contributed by atoms with Gasteiger partial charge in [0.05, 0.1) is 16.3 Å². The number of carbonyl (C=O) groups is 2. The Balaban J connectivity index is 1.32. The predicted molar refractivity (Wildman–Crippen MR) is 136 cm³/mol. The van der Waals surface area contributed by atoms with Crippen molar-refractivity contribution < 1.29 is 9.59 Å². The first-order chi connectivity index (χ1) is 16.8. The maximum absolute atomic E-state index is 12.7. The molecule has 180 valence electrons. The fourth-order valence-electron chi connectivity index (χ4n) is 5.04. The third kappa shape index (κ3) is 4.27. The number of halogens is 1. The average Bonchev–Trinajstić information content (AvgIpc) is 3.04. The summed E-state index contributed by atoms with van der Waals surface area (Å²) in [7, 11) is 3.70. The molecule has 1 aliphatic carbocycles. The number of anilines is 2. The zero-order chi connectivity index (χ0) is 24.7. The maximum atomic E-state index is 12.7. The molecule has 0 atom stereocenters. The number of amides is 3. The Kier molecular flexibility index (Phi) is 5.80. The molecule has 3 amide bonds. The lowest BCUT2D eigenvalue weighted by Gasteiger charge is -2.38. The Labute approximate surface area is 208 Å². The number of allylic oxidation sites excluding steroid dienone is 1. The Morgan fingerprint density at radius 1 is 1.23 bits per heavy atom. The van der Waals surface area contributed by atoms with Crippen molar-refractivity contribution in [3.05, 3.63) is 53.5 Å². The van der Waals surface area contributed by atoms with Crippen LogP contribution in [-0.4, -0.2) is 62.9 Å². The SMILES string of the molecule is CN1CC2(CCC(=CC(=O)Nc3cc4cc(-c5cnccc5Cl)nc(N)c4cn3)CC2)N(C)C1=O. The maximum Gasteiger partial charge on any atom is 0.320 e. The normalized spacial score (nSPS) is 20.1. The minimum atomic E-state index is -0.228. The van der Waals surface area contributed by atoms with Crippen molar-refractivity contribution >= 4 is 45.9 Å². The molecule has 0 bridgehead atoms. The second kappa shape index (κ2) is 8.81. The van der Waals surface area contributed by atoms with Gasteiger partial charge in [0.15, 0.2) is 0 Å². The molecule has 9 nitrogen and oxygen atoms in total. The molecule has 3 aromatic heterocycles. The summed E-state index contributed by atoms with van der Waals surface area (Å²) in [6.45, 7) is 0.729. The molecule has 5 rings (SSSR count). The fraction of sp³-hybridized carbons (Fsp3) is 0.320. The molecule has 4 heterocycles. The van der Waals surface area contributed by atoms with Gasteiger partial charge in [-0.15, -0.1) is 0 Å². The third-order valence-electron chi connectivity index (χ3n) is 7.05. The highest BCUT2D eigenvalue weighted by molar-refractivity contribution is 6.33. The second-order valence-electron chi connectivity index (χ2n) is 9.25. The molecule has 1 saturated carbocycles. The molecule has 2 fully saturated rings. The lowest BCUT2D eigenvalue weighted by molar-refractivity contribution is -0.112. The predicted octanol–water partition coefficient (Wildman–Crippen LogP) is 4.10. The number of nitrogens with one attached hydrogen (secondary N) is 1. The van der Waals surface area contributed by atoms with Gasteiger partial charge in [0.1, 0.15) is 11.6 Å². The summed E-state index contributed by atoms with van der Waals surface area (Å²) in [5, 5.41) is 4.84. The first kappa shape index (κ1) is 23.0. The Morgan fingerprint density at radius 3 is 2.69 bits per heavy atom. The number of urea groups is 1. The van der Waals surface area contributed by atoms with Crippen molar-refractivity contribution in [2.45, 2.75) is 31.2 Å². The quantitative estimate of drug-likeness (QED) is 0.532. The van der Waals surface area contributed by atoms with Gasteiger partial charge in [-0.1, -0.05) is 17.2 Å². The monoisotopic (exact) mass is 491 g/mol. The molecule has 1 aliphatic heterocycles. The van der Waals surface area contributed by atoms with Crippen LogP contribution in [-0.2, 0) is 4.79 Å². The van der Waals surface area contributed by atoms with E-state index in [1.807, 2.05) is 25.1 Å². The van der Waals surface area contributed by atoms with Crippen LogP contribution in [0.1, 0.15) is 25.7 Å². The van der Waals surface area contributed by atoms with Crippen molar-refractivity contribution in [1.29, 1.82) is 0 Å². The van der Waals surface area contributed by atoms with Crippen LogP contribution in [0.2, 0.25) is 5.02 Å². The summed E-state index contributed by atoms with van der Waals surface area (Å²) in [4.78, 5) is 41.5. The van der Waals surface area contributed by atoms with E-state index in [-0.39, 0.29) is 17.5 Å². The molecular formula is C25H26ClN7O2. The van der Waals surface area contributed by atoms with Gasteiger partial charge in [-0.3, -0.25) is 9.78 Å². The number of pyridine rings is 3. The van der Waals surface area contributed by atoms with Crippen LogP contribution >= 0.6 is 11.6 Å². The van der Waals surface area contributed by atoms with Gasteiger partial charge in [0, 0.05) is 56.3 Å². The molecule has 2 aliphatic rings. The highest BCUT2D eigenvalue weighted by Gasteiger charge is 2.47. The minimum Gasteiger partial charge on any atom is -0.383 e. The van der Waals surface area contributed by atoms with Crippen molar-refractivity contribution in [3.63, 3.8) is 0 Å². The zero-order valence-electron chi connectivity index (χ0n) is 19.6. The standard InChI is InChI=1S/C25H26ClN7O2/c1-32-14-25(33(2)24(32)35)6-3-15(4-7-25)9-22(34)31-21-11-16-10-20(18-12-28-8-5-19(18)26)30-23(27)17(16)13-29-21/h5,8-13H,3-4,6-7,14H2,1-2H3,(H2,27,30)(H,29,31,34). The minimum absolute atomic E-state index is 0.0577. The molecule has 1 saturated heterocycles. The molecule has 3 N–H and O–H groups in total. The van der Waals surface area contributed by atoms with Crippen molar-refractivity contribution in [2.75, 3.05) is 31.7 Å². The number of nitrogens with two attached hydrogens (primary N) is 1. The molecular weight excluding hydrogens is 466 g/mol. The van der Waals surface area contributed by atoms with Crippen LogP contribution in [0.5, 0.6) is 0 Å². The van der Waals surface area contributed by atoms with Gasteiger partial charge >= 0.3 is 6.03 Å². The summed E-state index contributed by atoms with van der Waals surface area (Å²) in [5.41, 5.74) is 8.36.